The van der Waals surface area contributed by atoms with Crippen LogP contribution in [0.3, 0.4) is 0 Å². The van der Waals surface area contributed by atoms with E-state index in [4.69, 9.17) is 16.3 Å². The summed E-state index contributed by atoms with van der Waals surface area (Å²) in [5.74, 6) is 1.01. The van der Waals surface area contributed by atoms with Gasteiger partial charge in [-0.3, -0.25) is 0 Å². The fraction of sp³-hybridized carbons (Fsp3) is 0.250. The van der Waals surface area contributed by atoms with Gasteiger partial charge >= 0.3 is 0 Å². The number of anilines is 1. The highest BCUT2D eigenvalue weighted by atomic mass is 79.9. The normalized spacial score (nSPS) is 13.0. The van der Waals surface area contributed by atoms with Crippen LogP contribution in [-0.4, -0.2) is 6.61 Å². The SMILES string of the molecule is Cc1cc(Br)c(NCc2cc(Br)cc3c2OCC3)cc1Cl. The van der Waals surface area contributed by atoms with Gasteiger partial charge in [0.2, 0.25) is 0 Å². The molecule has 0 aromatic heterocycles. The molecule has 3 rings (SSSR count). The van der Waals surface area contributed by atoms with Crippen molar-refractivity contribution in [3.8, 4) is 5.75 Å². The topological polar surface area (TPSA) is 21.3 Å². The van der Waals surface area contributed by atoms with Crippen molar-refractivity contribution < 1.29 is 4.74 Å². The van der Waals surface area contributed by atoms with E-state index in [2.05, 4.69) is 49.3 Å². The third kappa shape index (κ3) is 3.22. The number of benzene rings is 2. The summed E-state index contributed by atoms with van der Waals surface area (Å²) < 4.78 is 7.85. The number of hydrogen-bond acceptors (Lipinski definition) is 2. The molecule has 2 aromatic rings. The summed E-state index contributed by atoms with van der Waals surface area (Å²) in [4.78, 5) is 0. The second kappa shape index (κ2) is 6.19. The maximum Gasteiger partial charge on any atom is 0.127 e. The summed E-state index contributed by atoms with van der Waals surface area (Å²) >= 11 is 13.3. The van der Waals surface area contributed by atoms with Crippen molar-refractivity contribution in [2.24, 2.45) is 0 Å². The van der Waals surface area contributed by atoms with E-state index in [1.54, 1.807) is 0 Å². The summed E-state index contributed by atoms with van der Waals surface area (Å²) in [5.41, 5.74) is 4.46. The van der Waals surface area contributed by atoms with Crippen LogP contribution < -0.4 is 10.1 Å². The van der Waals surface area contributed by atoms with Crippen molar-refractivity contribution in [2.75, 3.05) is 11.9 Å². The van der Waals surface area contributed by atoms with Gasteiger partial charge in [0, 0.05) is 32.5 Å². The maximum atomic E-state index is 6.19. The molecule has 0 fully saturated rings. The van der Waals surface area contributed by atoms with E-state index >= 15 is 0 Å². The predicted octanol–water partition coefficient (Wildman–Crippen LogP) is 5.72. The quantitative estimate of drug-likeness (QED) is 0.671. The van der Waals surface area contributed by atoms with E-state index in [9.17, 15) is 0 Å². The first-order chi connectivity index (χ1) is 10.0. The molecule has 2 nitrogen and oxygen atoms in total. The second-order valence-corrected chi connectivity index (χ2v) is 7.26. The number of aryl methyl sites for hydroxylation is 1. The van der Waals surface area contributed by atoms with E-state index in [0.29, 0.717) is 6.54 Å². The van der Waals surface area contributed by atoms with Crippen LogP contribution in [-0.2, 0) is 13.0 Å². The Morgan fingerprint density at radius 1 is 1.24 bits per heavy atom. The van der Waals surface area contributed by atoms with Gasteiger partial charge < -0.3 is 10.1 Å². The Hall–Kier alpha value is -0.710. The molecule has 1 aliphatic rings. The minimum Gasteiger partial charge on any atom is -0.493 e. The predicted molar refractivity (Wildman–Crippen MR) is 94.6 cm³/mol. The molecule has 1 heterocycles. The van der Waals surface area contributed by atoms with E-state index in [0.717, 1.165) is 49.6 Å². The van der Waals surface area contributed by atoms with Crippen LogP contribution in [0.4, 0.5) is 5.69 Å². The van der Waals surface area contributed by atoms with E-state index < -0.39 is 0 Å². The Morgan fingerprint density at radius 3 is 2.86 bits per heavy atom. The number of rotatable bonds is 3. The van der Waals surface area contributed by atoms with Gasteiger partial charge in [-0.05, 0) is 58.2 Å². The van der Waals surface area contributed by atoms with Crippen LogP contribution in [0.25, 0.3) is 0 Å². The average molecular weight is 432 g/mol. The minimum atomic E-state index is 0.694. The van der Waals surface area contributed by atoms with Crippen molar-refractivity contribution >= 4 is 49.1 Å². The molecular weight excluding hydrogens is 417 g/mol. The molecule has 0 bridgehead atoms. The van der Waals surface area contributed by atoms with Crippen LogP contribution in [0.1, 0.15) is 16.7 Å². The molecule has 0 amide bonds. The summed E-state index contributed by atoms with van der Waals surface area (Å²) in [7, 11) is 0. The standard InChI is InChI=1S/C16H14Br2ClNO/c1-9-4-13(18)15(7-14(9)19)20-8-11-6-12(17)5-10-2-3-21-16(10)11/h4-7,20H,2-3,8H2,1H3. The van der Waals surface area contributed by atoms with E-state index in [1.165, 1.54) is 5.56 Å². The highest BCUT2D eigenvalue weighted by Gasteiger charge is 2.17. The molecule has 0 unspecified atom stereocenters. The monoisotopic (exact) mass is 429 g/mol. The number of ether oxygens (including phenoxy) is 1. The molecule has 1 aliphatic heterocycles. The van der Waals surface area contributed by atoms with Crippen LogP contribution in [0.2, 0.25) is 5.02 Å². The van der Waals surface area contributed by atoms with Gasteiger partial charge in [0.25, 0.3) is 0 Å². The van der Waals surface area contributed by atoms with Crippen molar-refractivity contribution in [3.05, 3.63) is 54.9 Å². The molecule has 0 atom stereocenters. The highest BCUT2D eigenvalue weighted by molar-refractivity contribution is 9.10. The molecule has 0 saturated carbocycles. The van der Waals surface area contributed by atoms with Gasteiger partial charge in [-0.25, -0.2) is 0 Å². The maximum absolute atomic E-state index is 6.19. The van der Waals surface area contributed by atoms with Crippen LogP contribution >= 0.6 is 43.5 Å². The summed E-state index contributed by atoms with van der Waals surface area (Å²) in [5, 5.41) is 4.18. The zero-order valence-electron chi connectivity index (χ0n) is 11.5. The third-order valence-corrected chi connectivity index (χ3v) is 5.06. The van der Waals surface area contributed by atoms with E-state index in [1.807, 2.05) is 19.1 Å². The van der Waals surface area contributed by atoms with Gasteiger partial charge in [-0.1, -0.05) is 27.5 Å². The van der Waals surface area contributed by atoms with Gasteiger partial charge in [0.15, 0.2) is 0 Å². The lowest BCUT2D eigenvalue weighted by atomic mass is 10.1. The zero-order valence-corrected chi connectivity index (χ0v) is 15.4. The molecule has 0 aliphatic carbocycles. The largest absolute Gasteiger partial charge is 0.493 e. The summed E-state index contributed by atoms with van der Waals surface area (Å²) in [6.07, 6.45) is 0.974. The van der Waals surface area contributed by atoms with Gasteiger partial charge in [0.05, 0.1) is 12.3 Å². The minimum absolute atomic E-state index is 0.694. The second-order valence-electron chi connectivity index (χ2n) is 5.09. The van der Waals surface area contributed by atoms with E-state index in [-0.39, 0.29) is 0 Å². The molecule has 1 N–H and O–H groups in total. The number of nitrogens with one attached hydrogen (secondary N) is 1. The molecule has 5 heteroatoms. The first-order valence-corrected chi connectivity index (χ1v) is 8.64. The fourth-order valence-electron chi connectivity index (χ4n) is 2.45. The molecule has 21 heavy (non-hydrogen) atoms. The first-order valence-electron chi connectivity index (χ1n) is 6.68. The smallest absolute Gasteiger partial charge is 0.127 e. The Kier molecular flexibility index (Phi) is 4.48. The molecule has 0 spiro atoms. The van der Waals surface area contributed by atoms with Gasteiger partial charge in [-0.2, -0.15) is 0 Å². The Bertz CT molecular complexity index is 703. The summed E-state index contributed by atoms with van der Waals surface area (Å²) in [6, 6.07) is 8.19. The van der Waals surface area contributed by atoms with Crippen molar-refractivity contribution in [1.82, 2.24) is 0 Å². The van der Waals surface area contributed by atoms with Crippen LogP contribution in [0, 0.1) is 6.92 Å². The lowest BCUT2D eigenvalue weighted by molar-refractivity contribution is 0.354. The van der Waals surface area contributed by atoms with Crippen LogP contribution in [0.15, 0.2) is 33.2 Å². The number of hydrogen-bond donors (Lipinski definition) is 1. The number of fused-ring (bicyclic) bond motifs is 1. The highest BCUT2D eigenvalue weighted by Crippen LogP contribution is 2.34. The van der Waals surface area contributed by atoms with Gasteiger partial charge in [0.1, 0.15) is 5.75 Å². The first kappa shape index (κ1) is 15.2. The molecule has 0 saturated heterocycles. The van der Waals surface area contributed by atoms with Crippen LogP contribution in [0.5, 0.6) is 5.75 Å². The Morgan fingerprint density at radius 2 is 2.05 bits per heavy atom. The zero-order chi connectivity index (χ0) is 15.0. The molecule has 2 aromatic carbocycles. The van der Waals surface area contributed by atoms with Crippen molar-refractivity contribution in [1.29, 1.82) is 0 Å². The Labute approximate surface area is 146 Å². The third-order valence-electron chi connectivity index (χ3n) is 3.54. The Balaban J connectivity index is 1.84. The molecule has 110 valence electrons. The fourth-order valence-corrected chi connectivity index (χ4v) is 3.76. The molecular formula is C16H14Br2ClNO. The lowest BCUT2D eigenvalue weighted by Gasteiger charge is -2.13. The van der Waals surface area contributed by atoms with Crippen molar-refractivity contribution in [2.45, 2.75) is 19.9 Å². The molecule has 0 radical (unpaired) electrons. The lowest BCUT2D eigenvalue weighted by Crippen LogP contribution is -2.02. The average Bonchev–Trinajstić information content (AvgIpc) is 2.89. The summed E-state index contributed by atoms with van der Waals surface area (Å²) in [6.45, 7) is 3.45. The van der Waals surface area contributed by atoms with Gasteiger partial charge in [-0.15, -0.1) is 0 Å². The number of halogens is 3. The van der Waals surface area contributed by atoms with Crippen molar-refractivity contribution in [3.63, 3.8) is 0 Å².